The van der Waals surface area contributed by atoms with Gasteiger partial charge in [-0.3, -0.25) is 4.79 Å². The van der Waals surface area contributed by atoms with Gasteiger partial charge >= 0.3 is 11.2 Å². The van der Waals surface area contributed by atoms with Crippen molar-refractivity contribution in [3.8, 4) is 0 Å². The molecule has 1 aromatic heterocycles. The van der Waals surface area contributed by atoms with Crippen molar-refractivity contribution in [2.75, 3.05) is 5.32 Å². The highest BCUT2D eigenvalue weighted by Crippen LogP contribution is 2.34. The van der Waals surface area contributed by atoms with Gasteiger partial charge in [-0.25, -0.2) is 0 Å². The van der Waals surface area contributed by atoms with E-state index in [4.69, 9.17) is 0 Å². The number of thioether (sulfide) groups is 1. The summed E-state index contributed by atoms with van der Waals surface area (Å²) in [4.78, 5) is 11.8. The number of halogens is 2. The summed E-state index contributed by atoms with van der Waals surface area (Å²) in [6, 6.07) is 9.99. The molecule has 0 radical (unpaired) electrons. The molecule has 1 aliphatic heterocycles. The lowest BCUT2D eigenvalue weighted by Gasteiger charge is -2.15. The van der Waals surface area contributed by atoms with E-state index in [1.54, 1.807) is 30.3 Å². The van der Waals surface area contributed by atoms with Crippen LogP contribution in [0.5, 0.6) is 0 Å². The molecule has 1 aliphatic rings. The van der Waals surface area contributed by atoms with Crippen LogP contribution < -0.4 is 5.32 Å². The highest BCUT2D eigenvalue weighted by atomic mass is 32.2. The van der Waals surface area contributed by atoms with Crippen LogP contribution in [0.4, 0.5) is 14.5 Å². The summed E-state index contributed by atoms with van der Waals surface area (Å²) in [6.07, 6.45) is 0.204. The predicted octanol–water partition coefficient (Wildman–Crippen LogP) is 4.22. The number of alkyl halides is 2. The SMILES string of the molecule is O=C(Nc1ccccc1)C(F)(F)SC1=NN=C(c2ccsc2)C1. The molecule has 4 nitrogen and oxygen atoms in total. The number of amides is 1. The molecule has 2 heterocycles. The zero-order valence-corrected chi connectivity index (χ0v) is 13.3. The van der Waals surface area contributed by atoms with Gasteiger partial charge in [0.15, 0.2) is 0 Å². The quantitative estimate of drug-likeness (QED) is 0.897. The number of carbonyl (C=O) groups is 1. The first-order valence-electron chi connectivity index (χ1n) is 6.64. The zero-order chi connectivity index (χ0) is 16.3. The number of nitrogens with one attached hydrogen (secondary N) is 1. The molecule has 8 heteroatoms. The minimum atomic E-state index is -3.62. The second-order valence-electron chi connectivity index (χ2n) is 4.67. The van der Waals surface area contributed by atoms with Crippen LogP contribution in [0.3, 0.4) is 0 Å². The van der Waals surface area contributed by atoms with E-state index in [0.717, 1.165) is 5.56 Å². The minimum Gasteiger partial charge on any atom is -0.320 e. The normalized spacial score (nSPS) is 14.3. The maximum absolute atomic E-state index is 14.0. The fourth-order valence-corrected chi connectivity index (χ4v) is 3.29. The average molecular weight is 351 g/mol. The van der Waals surface area contributed by atoms with Crippen molar-refractivity contribution in [3.63, 3.8) is 0 Å². The Hall–Kier alpha value is -2.06. The van der Waals surface area contributed by atoms with Crippen LogP contribution in [0.15, 0.2) is 57.4 Å². The van der Waals surface area contributed by atoms with E-state index in [2.05, 4.69) is 15.5 Å². The van der Waals surface area contributed by atoms with E-state index in [1.165, 1.54) is 11.3 Å². The molecule has 0 bridgehead atoms. The van der Waals surface area contributed by atoms with E-state index < -0.39 is 11.2 Å². The first-order chi connectivity index (χ1) is 11.0. The number of hydrogen-bond acceptors (Lipinski definition) is 5. The predicted molar refractivity (Wildman–Crippen MR) is 90.5 cm³/mol. The minimum absolute atomic E-state index is 0.124. The van der Waals surface area contributed by atoms with Gasteiger partial charge < -0.3 is 5.32 Å². The fourth-order valence-electron chi connectivity index (χ4n) is 1.89. The van der Waals surface area contributed by atoms with Crippen molar-refractivity contribution in [3.05, 3.63) is 52.7 Å². The van der Waals surface area contributed by atoms with Crippen molar-refractivity contribution in [2.45, 2.75) is 11.7 Å². The van der Waals surface area contributed by atoms with Gasteiger partial charge in [0.25, 0.3) is 0 Å². The van der Waals surface area contributed by atoms with E-state index in [1.807, 2.05) is 16.8 Å². The Morgan fingerprint density at radius 2 is 2.00 bits per heavy atom. The highest BCUT2D eigenvalue weighted by molar-refractivity contribution is 8.15. The van der Waals surface area contributed by atoms with Gasteiger partial charge in [0, 0.05) is 17.7 Å². The molecule has 0 saturated heterocycles. The summed E-state index contributed by atoms with van der Waals surface area (Å²) in [5.74, 6) is -1.37. The molecule has 3 rings (SSSR count). The van der Waals surface area contributed by atoms with Gasteiger partial charge in [-0.1, -0.05) is 18.2 Å². The standard InChI is InChI=1S/C15H11F2N3OS2/c16-15(17,14(21)18-11-4-2-1-3-5-11)23-13-8-12(19-20-13)10-6-7-22-9-10/h1-7,9H,8H2,(H,18,21). The summed E-state index contributed by atoms with van der Waals surface area (Å²) in [5.41, 5.74) is 1.82. The van der Waals surface area contributed by atoms with E-state index in [9.17, 15) is 13.6 Å². The monoisotopic (exact) mass is 351 g/mol. The molecular formula is C15H11F2N3OS2. The number of anilines is 1. The van der Waals surface area contributed by atoms with Crippen molar-refractivity contribution in [1.29, 1.82) is 0 Å². The van der Waals surface area contributed by atoms with Crippen molar-refractivity contribution in [2.24, 2.45) is 10.2 Å². The van der Waals surface area contributed by atoms with Crippen molar-refractivity contribution in [1.82, 2.24) is 0 Å². The smallest absolute Gasteiger partial charge is 0.320 e. The molecule has 1 N–H and O–H groups in total. The lowest BCUT2D eigenvalue weighted by molar-refractivity contribution is -0.129. The third-order valence-electron chi connectivity index (χ3n) is 3.00. The van der Waals surface area contributed by atoms with Crippen LogP contribution in [0, 0.1) is 0 Å². The summed E-state index contributed by atoms with van der Waals surface area (Å²) < 4.78 is 28.1. The van der Waals surface area contributed by atoms with Crippen LogP contribution in [0.2, 0.25) is 0 Å². The molecule has 0 atom stereocenters. The van der Waals surface area contributed by atoms with Crippen LogP contribution >= 0.6 is 23.1 Å². The molecule has 118 valence electrons. The Balaban J connectivity index is 1.60. The maximum Gasteiger partial charge on any atom is 0.376 e. The third-order valence-corrected chi connectivity index (χ3v) is 4.58. The molecular weight excluding hydrogens is 340 g/mol. The molecule has 1 aromatic carbocycles. The van der Waals surface area contributed by atoms with Crippen LogP contribution in [-0.2, 0) is 4.79 Å². The largest absolute Gasteiger partial charge is 0.376 e. The van der Waals surface area contributed by atoms with Crippen LogP contribution in [0.1, 0.15) is 12.0 Å². The summed E-state index contributed by atoms with van der Waals surface area (Å²) in [6.45, 7) is 0. The van der Waals surface area contributed by atoms with Gasteiger partial charge in [0.1, 0.15) is 5.04 Å². The number of rotatable bonds is 4. The maximum atomic E-state index is 14.0. The average Bonchev–Trinajstić information content (AvgIpc) is 3.18. The molecule has 1 amide bonds. The Morgan fingerprint density at radius 3 is 2.70 bits per heavy atom. The van der Waals surface area contributed by atoms with Gasteiger partial charge in [0.05, 0.1) is 5.71 Å². The van der Waals surface area contributed by atoms with Crippen molar-refractivity contribution < 1.29 is 13.6 Å². The lowest BCUT2D eigenvalue weighted by atomic mass is 10.2. The molecule has 0 saturated carbocycles. The first kappa shape index (κ1) is 15.8. The molecule has 0 fully saturated rings. The Bertz CT molecular complexity index is 758. The van der Waals surface area contributed by atoms with Gasteiger partial charge in [-0.2, -0.15) is 25.2 Å². The molecule has 0 spiro atoms. The fraction of sp³-hybridized carbons (Fsp3) is 0.133. The third kappa shape index (κ3) is 3.83. The number of para-hydroxylation sites is 1. The summed E-state index contributed by atoms with van der Waals surface area (Å²) >= 11 is 1.63. The second kappa shape index (κ2) is 6.59. The highest BCUT2D eigenvalue weighted by Gasteiger charge is 2.42. The number of nitrogens with zero attached hydrogens (tertiary/aromatic N) is 2. The summed E-state index contributed by atoms with van der Waals surface area (Å²) in [5, 5.41) is 10.1. The topological polar surface area (TPSA) is 53.8 Å². The first-order valence-corrected chi connectivity index (χ1v) is 8.40. The van der Waals surface area contributed by atoms with Crippen molar-refractivity contribution >= 4 is 45.4 Å². The summed E-state index contributed by atoms with van der Waals surface area (Å²) in [7, 11) is 0. The Labute approximate surface area is 139 Å². The lowest BCUT2D eigenvalue weighted by Crippen LogP contribution is -2.32. The number of benzene rings is 1. The Morgan fingerprint density at radius 1 is 1.22 bits per heavy atom. The van der Waals surface area contributed by atoms with E-state index in [0.29, 0.717) is 11.4 Å². The second-order valence-corrected chi connectivity index (χ2v) is 6.64. The van der Waals surface area contributed by atoms with E-state index >= 15 is 0 Å². The molecule has 0 unspecified atom stereocenters. The van der Waals surface area contributed by atoms with Crippen LogP contribution in [0.25, 0.3) is 0 Å². The Kier molecular flexibility index (Phi) is 4.53. The number of hydrogen-bond donors (Lipinski definition) is 1. The van der Waals surface area contributed by atoms with Gasteiger partial charge in [-0.05, 0) is 40.7 Å². The zero-order valence-electron chi connectivity index (χ0n) is 11.7. The van der Waals surface area contributed by atoms with Crippen LogP contribution in [-0.4, -0.2) is 21.9 Å². The number of thiophene rings is 1. The van der Waals surface area contributed by atoms with E-state index in [-0.39, 0.29) is 23.2 Å². The van der Waals surface area contributed by atoms with Gasteiger partial charge in [0.2, 0.25) is 0 Å². The number of carbonyl (C=O) groups excluding carboxylic acids is 1. The molecule has 23 heavy (non-hydrogen) atoms. The van der Waals surface area contributed by atoms with Gasteiger partial charge in [-0.15, -0.1) is 5.10 Å². The molecule has 0 aliphatic carbocycles. The molecule has 2 aromatic rings.